The first kappa shape index (κ1) is 19.2. The van der Waals surface area contributed by atoms with E-state index >= 15 is 0 Å². The Morgan fingerprint density at radius 3 is 2.37 bits per heavy atom. The average molecular weight is 373 g/mol. The summed E-state index contributed by atoms with van der Waals surface area (Å²) in [6.07, 6.45) is 11.5. The van der Waals surface area contributed by atoms with Crippen LogP contribution in [0.25, 0.3) is 0 Å². The lowest BCUT2D eigenvalue weighted by Gasteiger charge is -2.59. The molecule has 0 bridgehead atoms. The van der Waals surface area contributed by atoms with E-state index in [-0.39, 0.29) is 28.3 Å². The van der Waals surface area contributed by atoms with Gasteiger partial charge in [-0.25, -0.2) is 0 Å². The zero-order chi connectivity index (χ0) is 19.6. The molecule has 0 aromatic heterocycles. The van der Waals surface area contributed by atoms with Crippen molar-refractivity contribution in [1.82, 2.24) is 0 Å². The van der Waals surface area contributed by atoms with Crippen LogP contribution in [0, 0.1) is 34.0 Å². The molecular formula is C24H36O3. The van der Waals surface area contributed by atoms with Crippen LogP contribution in [0.1, 0.15) is 86.0 Å². The quantitative estimate of drug-likeness (QED) is 0.476. The van der Waals surface area contributed by atoms with Crippen LogP contribution in [0.4, 0.5) is 0 Å². The third kappa shape index (κ3) is 2.59. The number of fused-ring (bicyclic) bond motifs is 5. The summed E-state index contributed by atoms with van der Waals surface area (Å²) >= 11 is 0. The standard InChI is InChI=1S/C24H36O3/c1-15(25)23(4)12-10-21-19-7-6-17-14-18(27-16(2)26)8-11-22(17,3)20(19)9-13-24(21,23)5/h6,18-21H,7-14H2,1-5H3/t18-,19-,20+,21+,22-,23+,24-/m0/s1. The maximum absolute atomic E-state index is 12.5. The van der Waals surface area contributed by atoms with Crippen molar-refractivity contribution in [3.63, 3.8) is 0 Å². The fourth-order valence-electron chi connectivity index (χ4n) is 7.81. The van der Waals surface area contributed by atoms with Gasteiger partial charge in [-0.2, -0.15) is 0 Å². The maximum atomic E-state index is 12.5. The molecular weight excluding hydrogens is 336 g/mol. The van der Waals surface area contributed by atoms with Crippen LogP contribution in [0.5, 0.6) is 0 Å². The minimum absolute atomic E-state index is 0.0692. The van der Waals surface area contributed by atoms with Gasteiger partial charge in [-0.1, -0.05) is 32.4 Å². The number of ether oxygens (including phenoxy) is 1. The Balaban J connectivity index is 1.61. The third-order valence-electron chi connectivity index (χ3n) is 9.77. The molecule has 3 heteroatoms. The molecule has 3 saturated carbocycles. The lowest BCUT2D eigenvalue weighted by molar-refractivity contribution is -0.149. The van der Waals surface area contributed by atoms with E-state index in [2.05, 4.69) is 26.8 Å². The molecule has 0 amide bonds. The average Bonchev–Trinajstić information content (AvgIpc) is 2.87. The topological polar surface area (TPSA) is 43.4 Å². The second kappa shape index (κ2) is 6.19. The van der Waals surface area contributed by atoms with E-state index in [1.54, 1.807) is 0 Å². The number of carbonyl (C=O) groups is 2. The second-order valence-corrected chi connectivity index (χ2v) is 10.6. The van der Waals surface area contributed by atoms with Crippen molar-refractivity contribution in [3.8, 4) is 0 Å². The van der Waals surface area contributed by atoms with Gasteiger partial charge in [-0.3, -0.25) is 9.59 Å². The molecule has 7 atom stereocenters. The lowest BCUT2D eigenvalue weighted by Crippen LogP contribution is -2.53. The molecule has 0 aliphatic heterocycles. The number of Topliss-reactive ketones (excluding diaryl/α,β-unsaturated/α-hetero) is 1. The summed E-state index contributed by atoms with van der Waals surface area (Å²) in [5.74, 6) is 2.35. The summed E-state index contributed by atoms with van der Waals surface area (Å²) in [5, 5.41) is 0. The van der Waals surface area contributed by atoms with E-state index in [0.717, 1.165) is 38.0 Å². The van der Waals surface area contributed by atoms with Crippen LogP contribution in [0.3, 0.4) is 0 Å². The summed E-state index contributed by atoms with van der Waals surface area (Å²) < 4.78 is 5.54. The molecule has 0 aromatic rings. The van der Waals surface area contributed by atoms with Gasteiger partial charge in [0.1, 0.15) is 11.9 Å². The van der Waals surface area contributed by atoms with Gasteiger partial charge in [0.25, 0.3) is 0 Å². The van der Waals surface area contributed by atoms with Crippen molar-refractivity contribution in [2.45, 2.75) is 92.1 Å². The SMILES string of the molecule is CC(=O)O[C@H]1CC[C@@]2(C)C(=CC[C@H]3[C@H]2CC[C@@]2(C)[C@@H]3CC[C@]2(C)C(C)=O)C1. The van der Waals surface area contributed by atoms with Gasteiger partial charge in [0.05, 0.1) is 0 Å². The van der Waals surface area contributed by atoms with E-state index < -0.39 is 0 Å². The van der Waals surface area contributed by atoms with Crippen LogP contribution in [0.15, 0.2) is 11.6 Å². The first-order valence-electron chi connectivity index (χ1n) is 11.0. The summed E-state index contributed by atoms with van der Waals surface area (Å²) in [7, 11) is 0. The molecule has 0 unspecified atom stereocenters. The highest BCUT2D eigenvalue weighted by molar-refractivity contribution is 5.83. The first-order chi connectivity index (χ1) is 12.6. The smallest absolute Gasteiger partial charge is 0.302 e. The number of ketones is 1. The predicted octanol–water partition coefficient (Wildman–Crippen LogP) is 5.48. The van der Waals surface area contributed by atoms with Gasteiger partial charge in [0, 0.05) is 18.8 Å². The molecule has 4 aliphatic carbocycles. The van der Waals surface area contributed by atoms with Crippen molar-refractivity contribution in [3.05, 3.63) is 11.6 Å². The van der Waals surface area contributed by atoms with E-state index in [1.807, 2.05) is 6.92 Å². The van der Waals surface area contributed by atoms with Gasteiger partial charge >= 0.3 is 5.97 Å². The summed E-state index contributed by atoms with van der Waals surface area (Å²) in [6.45, 7) is 10.5. The van der Waals surface area contributed by atoms with Crippen molar-refractivity contribution >= 4 is 11.8 Å². The van der Waals surface area contributed by atoms with Crippen molar-refractivity contribution < 1.29 is 14.3 Å². The van der Waals surface area contributed by atoms with E-state index in [9.17, 15) is 9.59 Å². The molecule has 3 fully saturated rings. The van der Waals surface area contributed by atoms with Crippen molar-refractivity contribution in [2.75, 3.05) is 0 Å². The minimum atomic E-state index is -0.152. The van der Waals surface area contributed by atoms with Crippen LogP contribution >= 0.6 is 0 Å². The number of hydrogen-bond acceptors (Lipinski definition) is 3. The van der Waals surface area contributed by atoms with Gasteiger partial charge in [0.15, 0.2) is 0 Å². The normalized spacial score (nSPS) is 48.7. The fourth-order valence-corrected chi connectivity index (χ4v) is 7.81. The largest absolute Gasteiger partial charge is 0.462 e. The van der Waals surface area contributed by atoms with E-state index in [4.69, 9.17) is 4.74 Å². The highest BCUT2D eigenvalue weighted by Gasteiger charge is 2.63. The fraction of sp³-hybridized carbons (Fsp3) is 0.833. The van der Waals surface area contributed by atoms with Crippen LogP contribution in [-0.2, 0) is 14.3 Å². The Bertz CT molecular complexity index is 694. The highest BCUT2D eigenvalue weighted by atomic mass is 16.5. The summed E-state index contributed by atoms with van der Waals surface area (Å²) in [4.78, 5) is 23.9. The molecule has 0 radical (unpaired) electrons. The van der Waals surface area contributed by atoms with Crippen molar-refractivity contribution in [2.24, 2.45) is 34.0 Å². The summed E-state index contributed by atoms with van der Waals surface area (Å²) in [6, 6.07) is 0. The predicted molar refractivity (Wildman–Crippen MR) is 106 cm³/mol. The molecule has 0 saturated heterocycles. The lowest BCUT2D eigenvalue weighted by atomic mass is 9.45. The number of carbonyl (C=O) groups excluding carboxylic acids is 2. The van der Waals surface area contributed by atoms with Gasteiger partial charge in [0.2, 0.25) is 0 Å². The Morgan fingerprint density at radius 1 is 1.00 bits per heavy atom. The van der Waals surface area contributed by atoms with Crippen molar-refractivity contribution in [1.29, 1.82) is 0 Å². The zero-order valence-electron chi connectivity index (χ0n) is 17.8. The molecule has 0 N–H and O–H groups in total. The number of allylic oxidation sites excluding steroid dienone is 1. The number of esters is 1. The molecule has 3 nitrogen and oxygen atoms in total. The summed E-state index contributed by atoms with van der Waals surface area (Å²) in [5.41, 5.74) is 1.82. The number of rotatable bonds is 2. The second-order valence-electron chi connectivity index (χ2n) is 10.6. The van der Waals surface area contributed by atoms with Gasteiger partial charge in [-0.15, -0.1) is 0 Å². The van der Waals surface area contributed by atoms with Crippen LogP contribution in [-0.4, -0.2) is 17.9 Å². The molecule has 0 aromatic carbocycles. The molecule has 150 valence electrons. The zero-order valence-corrected chi connectivity index (χ0v) is 17.8. The Kier molecular flexibility index (Phi) is 4.40. The van der Waals surface area contributed by atoms with Gasteiger partial charge in [-0.05, 0) is 80.5 Å². The first-order valence-corrected chi connectivity index (χ1v) is 11.0. The Labute approximate surface area is 164 Å². The van der Waals surface area contributed by atoms with E-state index in [1.165, 1.54) is 31.8 Å². The number of hydrogen-bond donors (Lipinski definition) is 0. The van der Waals surface area contributed by atoms with E-state index in [0.29, 0.717) is 17.6 Å². The minimum Gasteiger partial charge on any atom is -0.462 e. The third-order valence-corrected chi connectivity index (χ3v) is 9.77. The maximum Gasteiger partial charge on any atom is 0.302 e. The molecule has 4 rings (SSSR count). The molecule has 27 heavy (non-hydrogen) atoms. The van der Waals surface area contributed by atoms with Gasteiger partial charge < -0.3 is 4.74 Å². The molecule has 4 aliphatic rings. The Hall–Kier alpha value is -1.12. The van der Waals surface area contributed by atoms with Crippen LogP contribution < -0.4 is 0 Å². The van der Waals surface area contributed by atoms with Crippen LogP contribution in [0.2, 0.25) is 0 Å². The highest BCUT2D eigenvalue weighted by Crippen LogP contribution is 2.69. The monoisotopic (exact) mass is 372 g/mol. The molecule has 0 spiro atoms. The Morgan fingerprint density at radius 2 is 1.70 bits per heavy atom. The molecule has 0 heterocycles.